The van der Waals surface area contributed by atoms with Crippen molar-refractivity contribution in [1.82, 2.24) is 9.97 Å². The monoisotopic (exact) mass is 751 g/mol. The highest BCUT2D eigenvalue weighted by Gasteiger charge is 2.15. The van der Waals surface area contributed by atoms with E-state index in [2.05, 4.69) is 163 Å². The minimum absolute atomic E-state index is 0.731. The van der Waals surface area contributed by atoms with E-state index in [4.69, 9.17) is 10.7 Å². The first-order valence-electron chi connectivity index (χ1n) is 20.3. The Bertz CT molecular complexity index is 2890. The average Bonchev–Trinajstić information content (AvgIpc) is 3.31. The molecule has 0 unspecified atom stereocenters. The molecular formula is C55H49N3. The van der Waals surface area contributed by atoms with Crippen molar-refractivity contribution < 1.29 is 0 Å². The van der Waals surface area contributed by atoms with Crippen molar-refractivity contribution in [3.8, 4) is 55.8 Å². The van der Waals surface area contributed by atoms with Crippen LogP contribution in [0.25, 0.3) is 94.0 Å². The first kappa shape index (κ1) is 39.1. The van der Waals surface area contributed by atoms with E-state index in [-0.39, 0.29) is 0 Å². The zero-order valence-electron chi connectivity index (χ0n) is 33.9. The molecule has 284 valence electrons. The van der Waals surface area contributed by atoms with Gasteiger partial charge in [0.15, 0.2) is 0 Å². The molecule has 0 aliphatic rings. The lowest BCUT2D eigenvalue weighted by Crippen LogP contribution is -1.96. The molecule has 0 spiro atoms. The van der Waals surface area contributed by atoms with Crippen molar-refractivity contribution >= 4 is 38.3 Å². The number of fused-ring (bicyclic) bond motifs is 4. The predicted octanol–water partition coefficient (Wildman–Crippen LogP) is 15.2. The maximum absolute atomic E-state index is 6.50. The van der Waals surface area contributed by atoms with Crippen LogP contribution < -0.4 is 5.73 Å². The van der Waals surface area contributed by atoms with Crippen molar-refractivity contribution in [2.75, 3.05) is 0 Å². The van der Waals surface area contributed by atoms with Gasteiger partial charge >= 0.3 is 0 Å². The number of para-hydroxylation sites is 1. The van der Waals surface area contributed by atoms with Gasteiger partial charge in [-0.2, -0.15) is 0 Å². The third-order valence-corrected chi connectivity index (χ3v) is 10.2. The molecule has 0 amide bonds. The Kier molecular flexibility index (Phi) is 12.3. The summed E-state index contributed by atoms with van der Waals surface area (Å²) in [6.45, 7) is 9.99. The van der Waals surface area contributed by atoms with Gasteiger partial charge in [-0.25, -0.2) is 4.98 Å². The van der Waals surface area contributed by atoms with Crippen LogP contribution in [0.4, 0.5) is 0 Å². The minimum Gasteiger partial charge on any atom is -0.398 e. The molecule has 2 aromatic heterocycles. The maximum Gasteiger partial charge on any atom is 0.0794 e. The molecule has 0 saturated heterocycles. The summed E-state index contributed by atoms with van der Waals surface area (Å²) in [6, 6.07) is 60.4. The van der Waals surface area contributed by atoms with Gasteiger partial charge in [0.2, 0.25) is 0 Å². The molecule has 3 nitrogen and oxygen atoms in total. The molecule has 58 heavy (non-hydrogen) atoms. The molecular weight excluding hydrogens is 703 g/mol. The topological polar surface area (TPSA) is 51.8 Å². The second-order valence-corrected chi connectivity index (χ2v) is 13.6. The van der Waals surface area contributed by atoms with Crippen LogP contribution in [-0.2, 0) is 0 Å². The SMILES string of the molecule is C/C=C\C=C(/N)c1cccc(-c2cc(-c3ccc(-c4c5ccccc5nc5c4ccc4ccccc45)cc3)cc(-c3cccc(-c4ccccn4)c3)c2)c1.CC.CC. The molecule has 7 aromatic carbocycles. The second kappa shape index (κ2) is 18.2. The molecule has 0 aliphatic heterocycles. The summed E-state index contributed by atoms with van der Waals surface area (Å²) < 4.78 is 0. The van der Waals surface area contributed by atoms with E-state index in [1.165, 1.54) is 16.3 Å². The highest BCUT2D eigenvalue weighted by molar-refractivity contribution is 6.17. The molecule has 0 aliphatic carbocycles. The Balaban J connectivity index is 0.00000124. The lowest BCUT2D eigenvalue weighted by Gasteiger charge is -2.15. The maximum atomic E-state index is 6.50. The summed E-state index contributed by atoms with van der Waals surface area (Å²) in [4.78, 5) is 9.79. The van der Waals surface area contributed by atoms with Crippen molar-refractivity contribution in [3.05, 3.63) is 200 Å². The van der Waals surface area contributed by atoms with Gasteiger partial charge in [-0.3, -0.25) is 4.98 Å². The summed E-state index contributed by atoms with van der Waals surface area (Å²) in [6.07, 6.45) is 7.74. The number of hydrogen-bond acceptors (Lipinski definition) is 3. The number of aromatic nitrogens is 2. The van der Waals surface area contributed by atoms with Gasteiger partial charge in [0, 0.05) is 39.2 Å². The fourth-order valence-electron chi connectivity index (χ4n) is 7.46. The average molecular weight is 752 g/mol. The molecule has 9 aromatic rings. The van der Waals surface area contributed by atoms with E-state index in [9.17, 15) is 0 Å². The molecule has 0 radical (unpaired) electrons. The van der Waals surface area contributed by atoms with Crippen LogP contribution in [0.5, 0.6) is 0 Å². The predicted molar refractivity (Wildman–Crippen MR) is 251 cm³/mol. The van der Waals surface area contributed by atoms with Crippen LogP contribution in [0, 0.1) is 0 Å². The molecule has 2 heterocycles. The van der Waals surface area contributed by atoms with Gasteiger partial charge in [-0.15, -0.1) is 0 Å². The number of nitrogens with zero attached hydrogens (tertiary/aromatic N) is 2. The molecule has 3 heteroatoms. The lowest BCUT2D eigenvalue weighted by atomic mass is 9.90. The van der Waals surface area contributed by atoms with Gasteiger partial charge in [0.1, 0.15) is 0 Å². The van der Waals surface area contributed by atoms with Crippen LogP contribution in [0.3, 0.4) is 0 Å². The molecule has 0 saturated carbocycles. The van der Waals surface area contributed by atoms with E-state index in [1.807, 2.05) is 71.2 Å². The van der Waals surface area contributed by atoms with Crippen LogP contribution in [0.1, 0.15) is 40.2 Å². The van der Waals surface area contributed by atoms with Crippen LogP contribution in [0.2, 0.25) is 0 Å². The van der Waals surface area contributed by atoms with Crippen LogP contribution >= 0.6 is 0 Å². The standard InChI is InChI=1S/C51H37N3.2C2H6/c1-2-3-19-47(52)39-15-10-13-37(29-39)42-31-41(32-43(33-42)38-14-11-16-40(30-38)48-20-8-9-28-53-48)34-22-24-36(25-23-34)50-45-18-6-7-21-49(45)54-51-44-17-5-4-12-35(44)26-27-46(50)51;2*1-2/h2-33H,52H2,1H3;2*1-2H3/b3-2-,47-19-;;. The Morgan fingerprint density at radius 2 is 1.09 bits per heavy atom. The summed E-state index contributed by atoms with van der Waals surface area (Å²) >= 11 is 0. The summed E-state index contributed by atoms with van der Waals surface area (Å²) in [5.41, 5.74) is 21.4. The lowest BCUT2D eigenvalue weighted by molar-refractivity contribution is 1.33. The zero-order valence-corrected chi connectivity index (χ0v) is 33.9. The molecule has 0 fully saturated rings. The quantitative estimate of drug-likeness (QED) is 0.100. The fraction of sp³-hybridized carbons (Fsp3) is 0.0909. The Labute approximate surface area is 342 Å². The second-order valence-electron chi connectivity index (χ2n) is 13.6. The first-order chi connectivity index (χ1) is 28.6. The van der Waals surface area contributed by atoms with Crippen molar-refractivity contribution in [2.45, 2.75) is 34.6 Å². The van der Waals surface area contributed by atoms with Crippen molar-refractivity contribution in [2.24, 2.45) is 5.73 Å². The van der Waals surface area contributed by atoms with Gasteiger partial charge < -0.3 is 5.73 Å². The highest BCUT2D eigenvalue weighted by Crippen LogP contribution is 2.40. The summed E-state index contributed by atoms with van der Waals surface area (Å²) in [7, 11) is 0. The molecule has 9 rings (SSSR count). The Morgan fingerprint density at radius 1 is 0.483 bits per heavy atom. The van der Waals surface area contributed by atoms with E-state index >= 15 is 0 Å². The Hall–Kier alpha value is -7.10. The van der Waals surface area contributed by atoms with Crippen LogP contribution in [0.15, 0.2) is 194 Å². The molecule has 0 atom stereocenters. The molecule has 2 N–H and O–H groups in total. The van der Waals surface area contributed by atoms with Gasteiger partial charge in [-0.1, -0.05) is 161 Å². The van der Waals surface area contributed by atoms with Gasteiger partial charge in [-0.05, 0) is 111 Å². The van der Waals surface area contributed by atoms with E-state index < -0.39 is 0 Å². The number of rotatable bonds is 7. The van der Waals surface area contributed by atoms with Crippen molar-refractivity contribution in [3.63, 3.8) is 0 Å². The zero-order chi connectivity index (χ0) is 40.4. The van der Waals surface area contributed by atoms with E-state index in [1.54, 1.807) is 0 Å². The number of nitrogens with two attached hydrogens (primary N) is 1. The highest BCUT2D eigenvalue weighted by atomic mass is 14.7. The van der Waals surface area contributed by atoms with Gasteiger partial charge in [0.05, 0.1) is 16.7 Å². The largest absolute Gasteiger partial charge is 0.398 e. The fourth-order valence-corrected chi connectivity index (χ4v) is 7.46. The minimum atomic E-state index is 0.731. The normalized spacial score (nSPS) is 11.3. The number of pyridine rings is 2. The first-order valence-corrected chi connectivity index (χ1v) is 20.3. The number of benzene rings is 7. The van der Waals surface area contributed by atoms with E-state index in [0.29, 0.717) is 0 Å². The van der Waals surface area contributed by atoms with Crippen LogP contribution in [-0.4, -0.2) is 9.97 Å². The third kappa shape index (κ3) is 8.07. The summed E-state index contributed by atoms with van der Waals surface area (Å²) in [5, 5.41) is 4.66. The Morgan fingerprint density at radius 3 is 1.81 bits per heavy atom. The number of hydrogen-bond donors (Lipinski definition) is 1. The summed E-state index contributed by atoms with van der Waals surface area (Å²) in [5.74, 6) is 0. The number of allylic oxidation sites excluding steroid dienone is 3. The molecule has 0 bridgehead atoms. The van der Waals surface area contributed by atoms with Crippen molar-refractivity contribution in [1.29, 1.82) is 0 Å². The smallest absolute Gasteiger partial charge is 0.0794 e. The third-order valence-electron chi connectivity index (χ3n) is 10.2. The van der Waals surface area contributed by atoms with Gasteiger partial charge in [0.25, 0.3) is 0 Å². The van der Waals surface area contributed by atoms with E-state index in [0.717, 1.165) is 83.3 Å².